The van der Waals surface area contributed by atoms with Crippen molar-refractivity contribution < 1.29 is 17.6 Å². The molecule has 0 atom stereocenters. The lowest BCUT2D eigenvalue weighted by Crippen LogP contribution is -2.32. The molecule has 35 heavy (non-hydrogen) atoms. The Labute approximate surface area is 201 Å². The van der Waals surface area contributed by atoms with Gasteiger partial charge in [0, 0.05) is 16.5 Å². The van der Waals surface area contributed by atoms with Gasteiger partial charge in [-0.2, -0.15) is 5.10 Å². The number of rotatable bonds is 9. The summed E-state index contributed by atoms with van der Waals surface area (Å²) in [6.07, 6.45) is 2.35. The zero-order valence-corrected chi connectivity index (χ0v) is 19.3. The molecule has 0 saturated carbocycles. The molecule has 2 N–H and O–H groups in total. The summed E-state index contributed by atoms with van der Waals surface area (Å²) in [4.78, 5) is 20.4. The molecular weight excluding hydrogens is 471 g/mol. The Hall–Kier alpha value is -4.38. The average Bonchev–Trinajstić information content (AvgIpc) is 3.24. The number of halogens is 1. The Kier molecular flexibility index (Phi) is 6.43. The van der Waals surface area contributed by atoms with E-state index in [4.69, 9.17) is 5.73 Å². The molecule has 0 aliphatic carbocycles. The van der Waals surface area contributed by atoms with Gasteiger partial charge in [-0.1, -0.05) is 31.4 Å². The van der Waals surface area contributed by atoms with Gasteiger partial charge in [0.05, 0.1) is 24.2 Å². The van der Waals surface area contributed by atoms with Crippen molar-refractivity contribution in [2.45, 2.75) is 6.54 Å². The number of carbonyl (C=O) groups is 1. The number of sulfonamides is 1. The molecule has 0 saturated heterocycles. The minimum absolute atomic E-state index is 0.00183. The highest BCUT2D eigenvalue weighted by atomic mass is 32.2. The van der Waals surface area contributed by atoms with Crippen molar-refractivity contribution in [3.63, 3.8) is 0 Å². The summed E-state index contributed by atoms with van der Waals surface area (Å²) in [6.45, 7) is 6.94. The van der Waals surface area contributed by atoms with Gasteiger partial charge in [0.2, 0.25) is 0 Å². The Balaban J connectivity index is 1.80. The van der Waals surface area contributed by atoms with E-state index >= 15 is 0 Å². The van der Waals surface area contributed by atoms with E-state index in [9.17, 15) is 17.6 Å². The molecule has 0 spiro atoms. The third-order valence-corrected chi connectivity index (χ3v) is 6.71. The van der Waals surface area contributed by atoms with Gasteiger partial charge < -0.3 is 5.73 Å². The molecule has 178 valence electrons. The molecule has 0 radical (unpaired) electrons. The number of fused-ring (bicyclic) bond motifs is 1. The first kappa shape index (κ1) is 23.8. The van der Waals surface area contributed by atoms with Crippen LogP contribution in [0, 0.1) is 5.82 Å². The van der Waals surface area contributed by atoms with Gasteiger partial charge in [-0.25, -0.2) is 27.5 Å². The van der Waals surface area contributed by atoms with Gasteiger partial charge in [0.25, 0.3) is 10.0 Å². The Morgan fingerprint density at radius 2 is 1.89 bits per heavy atom. The molecule has 0 fully saturated rings. The summed E-state index contributed by atoms with van der Waals surface area (Å²) in [5.41, 5.74) is 7.54. The fourth-order valence-corrected chi connectivity index (χ4v) is 4.58. The highest BCUT2D eigenvalue weighted by Crippen LogP contribution is 2.31. The van der Waals surface area contributed by atoms with Crippen LogP contribution in [0.2, 0.25) is 0 Å². The smallest absolute Gasteiger partial charge is 0.256 e. The Morgan fingerprint density at radius 3 is 2.57 bits per heavy atom. The standard InChI is InChI=1S/C24H21FN6O3S/c1-3-20(32)16-12-17(14-18(25)13-16)22-21-23(26)27-15-28-24(21)30(29-22)10-11-31(35(33,34)4-2)19-8-6-5-7-9-19/h3-9,12-15H,1-2,10-11H2,(H2,26,27,28). The van der Waals surface area contributed by atoms with Crippen LogP contribution < -0.4 is 10.0 Å². The highest BCUT2D eigenvalue weighted by molar-refractivity contribution is 7.95. The number of para-hydroxylation sites is 1. The van der Waals surface area contributed by atoms with Gasteiger partial charge in [0.15, 0.2) is 11.4 Å². The second-order valence-electron chi connectivity index (χ2n) is 7.45. The van der Waals surface area contributed by atoms with Crippen molar-refractivity contribution in [2.75, 3.05) is 16.6 Å². The van der Waals surface area contributed by atoms with E-state index in [1.807, 2.05) is 0 Å². The number of hydrogen-bond acceptors (Lipinski definition) is 7. The van der Waals surface area contributed by atoms with Crippen molar-refractivity contribution in [1.82, 2.24) is 19.7 Å². The van der Waals surface area contributed by atoms with Crippen LogP contribution in [0.25, 0.3) is 22.3 Å². The fourth-order valence-electron chi connectivity index (χ4n) is 3.65. The molecule has 4 aromatic rings. The lowest BCUT2D eigenvalue weighted by atomic mass is 10.0. The summed E-state index contributed by atoms with van der Waals surface area (Å²) in [5, 5.41) is 5.77. The summed E-state index contributed by atoms with van der Waals surface area (Å²) >= 11 is 0. The predicted molar refractivity (Wildman–Crippen MR) is 133 cm³/mol. The second-order valence-corrected chi connectivity index (χ2v) is 9.25. The number of aromatic nitrogens is 4. The number of anilines is 2. The molecule has 0 amide bonds. The van der Waals surface area contributed by atoms with Gasteiger partial charge in [-0.3, -0.25) is 9.10 Å². The molecule has 2 heterocycles. The van der Waals surface area contributed by atoms with Crippen molar-refractivity contribution >= 4 is 38.3 Å². The van der Waals surface area contributed by atoms with E-state index in [0.29, 0.717) is 22.3 Å². The summed E-state index contributed by atoms with van der Waals surface area (Å²) in [6, 6.07) is 12.4. The number of benzene rings is 2. The predicted octanol–water partition coefficient (Wildman–Crippen LogP) is 3.56. The van der Waals surface area contributed by atoms with Crippen LogP contribution >= 0.6 is 0 Å². The molecule has 0 unspecified atom stereocenters. The minimum atomic E-state index is -3.81. The first-order valence-electron chi connectivity index (χ1n) is 10.4. The molecule has 0 bridgehead atoms. The number of nitrogens with two attached hydrogens (primary N) is 1. The molecule has 0 aliphatic heterocycles. The molecule has 11 heteroatoms. The van der Waals surface area contributed by atoms with Crippen LogP contribution in [-0.2, 0) is 16.6 Å². The lowest BCUT2D eigenvalue weighted by molar-refractivity contribution is 0.104. The van der Waals surface area contributed by atoms with E-state index in [0.717, 1.165) is 17.6 Å². The summed E-state index contributed by atoms with van der Waals surface area (Å²) in [5.74, 6) is -0.985. The molecular formula is C24H21FN6O3S. The first-order chi connectivity index (χ1) is 16.7. The Bertz CT molecular complexity index is 1550. The third-order valence-electron chi connectivity index (χ3n) is 5.28. The SMILES string of the molecule is C=CC(=O)c1cc(F)cc(-c2nn(CCN(c3ccccc3)S(=O)(=O)C=C)c3ncnc(N)c23)c1. The zero-order valence-electron chi connectivity index (χ0n) is 18.5. The fraction of sp³-hybridized carbons (Fsp3) is 0.0833. The number of allylic oxidation sites excluding steroid dienone is 1. The van der Waals surface area contributed by atoms with Crippen molar-refractivity contribution in [2.24, 2.45) is 0 Å². The van der Waals surface area contributed by atoms with Crippen molar-refractivity contribution in [1.29, 1.82) is 0 Å². The molecule has 2 aromatic carbocycles. The first-order valence-corrected chi connectivity index (χ1v) is 11.9. The summed E-state index contributed by atoms with van der Waals surface area (Å²) in [7, 11) is -3.81. The van der Waals surface area contributed by atoms with E-state index in [1.54, 1.807) is 30.3 Å². The largest absolute Gasteiger partial charge is 0.383 e. The topological polar surface area (TPSA) is 124 Å². The summed E-state index contributed by atoms with van der Waals surface area (Å²) < 4.78 is 42.4. The maximum Gasteiger partial charge on any atom is 0.256 e. The normalized spacial score (nSPS) is 11.3. The van der Waals surface area contributed by atoms with Crippen LogP contribution in [0.15, 0.2) is 79.5 Å². The van der Waals surface area contributed by atoms with E-state index in [-0.39, 0.29) is 30.2 Å². The number of carbonyl (C=O) groups excluding carboxylic acids is 1. The van der Waals surface area contributed by atoms with Gasteiger partial charge in [-0.15, -0.1) is 0 Å². The second kappa shape index (κ2) is 9.47. The Morgan fingerprint density at radius 1 is 1.14 bits per heavy atom. The van der Waals surface area contributed by atoms with Crippen LogP contribution in [0.4, 0.5) is 15.9 Å². The molecule has 9 nitrogen and oxygen atoms in total. The molecule has 2 aromatic heterocycles. The van der Waals surface area contributed by atoms with Gasteiger partial charge >= 0.3 is 0 Å². The highest BCUT2D eigenvalue weighted by Gasteiger charge is 2.22. The average molecular weight is 493 g/mol. The zero-order chi connectivity index (χ0) is 25.2. The van der Waals surface area contributed by atoms with Gasteiger partial charge in [0.1, 0.15) is 23.7 Å². The van der Waals surface area contributed by atoms with Crippen LogP contribution in [0.5, 0.6) is 0 Å². The quantitative estimate of drug-likeness (QED) is 0.280. The van der Waals surface area contributed by atoms with E-state index in [2.05, 4.69) is 28.2 Å². The van der Waals surface area contributed by atoms with Crippen LogP contribution in [-0.4, -0.2) is 40.5 Å². The lowest BCUT2D eigenvalue weighted by Gasteiger charge is -2.22. The number of hydrogen-bond donors (Lipinski definition) is 1. The maximum atomic E-state index is 14.4. The third kappa shape index (κ3) is 4.66. The van der Waals surface area contributed by atoms with E-state index in [1.165, 1.54) is 27.4 Å². The molecule has 4 rings (SSSR count). The van der Waals surface area contributed by atoms with Crippen LogP contribution in [0.3, 0.4) is 0 Å². The monoisotopic (exact) mass is 492 g/mol. The van der Waals surface area contributed by atoms with E-state index < -0.39 is 21.6 Å². The maximum absolute atomic E-state index is 14.4. The minimum Gasteiger partial charge on any atom is -0.383 e. The van der Waals surface area contributed by atoms with Crippen LogP contribution in [0.1, 0.15) is 10.4 Å². The van der Waals surface area contributed by atoms with Crippen molar-refractivity contribution in [3.8, 4) is 11.3 Å². The van der Waals surface area contributed by atoms with Crippen molar-refractivity contribution in [3.05, 3.63) is 90.9 Å². The number of nitrogens with zero attached hydrogens (tertiary/aromatic N) is 5. The number of nitrogen functional groups attached to an aromatic ring is 1. The molecule has 0 aliphatic rings. The van der Waals surface area contributed by atoms with Gasteiger partial charge in [-0.05, 0) is 36.4 Å². The number of ketones is 1.